The van der Waals surface area contributed by atoms with Gasteiger partial charge in [0.2, 0.25) is 6.29 Å². The molecule has 33 heavy (non-hydrogen) atoms. The van der Waals surface area contributed by atoms with E-state index in [1.54, 1.807) is 24.4 Å². The second kappa shape index (κ2) is 8.68. The standard InChI is InChI=1S/C25H26N2O5S/c1-33(29,30)21-7-4-17(5-8-21)19-6-9-23-20(15-19)16-31-25(32-23)18-10-13-27(14-11-18)24(28)22-3-2-12-26-22/h2-9,12,15,18,25-26H,10-11,13-14,16H2,1H3. The van der Waals surface area contributed by atoms with Crippen molar-refractivity contribution in [2.24, 2.45) is 5.92 Å². The number of likely N-dealkylation sites (tertiary alicyclic amines) is 1. The minimum Gasteiger partial charge on any atom is -0.464 e. The number of fused-ring (bicyclic) bond motifs is 1. The maximum Gasteiger partial charge on any atom is 0.270 e. The quantitative estimate of drug-likeness (QED) is 0.631. The van der Waals surface area contributed by atoms with Crippen molar-refractivity contribution in [1.82, 2.24) is 9.88 Å². The van der Waals surface area contributed by atoms with Crippen LogP contribution in [0.4, 0.5) is 0 Å². The number of H-pyrrole nitrogens is 1. The Morgan fingerprint density at radius 2 is 1.76 bits per heavy atom. The van der Waals surface area contributed by atoms with E-state index in [1.807, 2.05) is 41.3 Å². The van der Waals surface area contributed by atoms with Crippen molar-refractivity contribution in [3.05, 3.63) is 72.1 Å². The van der Waals surface area contributed by atoms with Gasteiger partial charge in [0.05, 0.1) is 11.5 Å². The molecule has 3 aromatic rings. The van der Waals surface area contributed by atoms with Crippen molar-refractivity contribution in [3.63, 3.8) is 0 Å². The van der Waals surface area contributed by atoms with Gasteiger partial charge in [0.1, 0.15) is 11.4 Å². The number of carbonyl (C=O) groups is 1. The van der Waals surface area contributed by atoms with Gasteiger partial charge in [0.25, 0.3) is 5.91 Å². The van der Waals surface area contributed by atoms with Crippen LogP contribution >= 0.6 is 0 Å². The summed E-state index contributed by atoms with van der Waals surface area (Å²) in [7, 11) is -3.22. The van der Waals surface area contributed by atoms with Gasteiger partial charge < -0.3 is 19.4 Å². The van der Waals surface area contributed by atoms with Gasteiger partial charge in [-0.25, -0.2) is 8.42 Å². The highest BCUT2D eigenvalue weighted by molar-refractivity contribution is 7.90. The summed E-state index contributed by atoms with van der Waals surface area (Å²) in [5.74, 6) is 1.08. The number of rotatable bonds is 4. The maximum absolute atomic E-state index is 12.5. The summed E-state index contributed by atoms with van der Waals surface area (Å²) in [6.07, 6.45) is 4.31. The molecular formula is C25H26N2O5S. The fourth-order valence-electron chi connectivity index (χ4n) is 4.45. The van der Waals surface area contributed by atoms with Crippen LogP contribution in [-0.2, 0) is 21.2 Å². The highest BCUT2D eigenvalue weighted by Crippen LogP contribution is 2.35. The van der Waals surface area contributed by atoms with Crippen LogP contribution in [0.2, 0.25) is 0 Å². The Morgan fingerprint density at radius 3 is 2.42 bits per heavy atom. The number of aromatic nitrogens is 1. The molecule has 0 bridgehead atoms. The lowest BCUT2D eigenvalue weighted by Crippen LogP contribution is -2.44. The van der Waals surface area contributed by atoms with Crippen LogP contribution < -0.4 is 4.74 Å². The number of hydrogen-bond donors (Lipinski definition) is 1. The minimum absolute atomic E-state index is 0.0337. The molecule has 1 fully saturated rings. The molecule has 8 heteroatoms. The molecule has 172 valence electrons. The van der Waals surface area contributed by atoms with Crippen molar-refractivity contribution in [1.29, 1.82) is 0 Å². The van der Waals surface area contributed by atoms with E-state index >= 15 is 0 Å². The normalized spacial score (nSPS) is 19.1. The molecule has 1 N–H and O–H groups in total. The van der Waals surface area contributed by atoms with Gasteiger partial charge in [-0.3, -0.25) is 4.79 Å². The van der Waals surface area contributed by atoms with Crippen molar-refractivity contribution < 1.29 is 22.7 Å². The Bertz CT molecular complexity index is 1240. The first-order valence-corrected chi connectivity index (χ1v) is 12.9. The number of benzene rings is 2. The molecule has 2 aliphatic rings. The first-order chi connectivity index (χ1) is 15.9. The predicted molar refractivity (Wildman–Crippen MR) is 124 cm³/mol. The van der Waals surface area contributed by atoms with Gasteiger partial charge in [-0.15, -0.1) is 0 Å². The van der Waals surface area contributed by atoms with Crippen molar-refractivity contribution in [2.45, 2.75) is 30.6 Å². The topological polar surface area (TPSA) is 88.7 Å². The molecule has 1 aromatic heterocycles. The van der Waals surface area contributed by atoms with Crippen LogP contribution in [0.15, 0.2) is 65.7 Å². The van der Waals surface area contributed by atoms with Crippen LogP contribution in [0.3, 0.4) is 0 Å². The molecule has 5 rings (SSSR count). The van der Waals surface area contributed by atoms with E-state index in [0.717, 1.165) is 35.3 Å². The molecule has 7 nitrogen and oxygen atoms in total. The SMILES string of the molecule is CS(=O)(=O)c1ccc(-c2ccc3c(c2)COC(C2CCN(C(=O)c4ccc[nH]4)CC2)O3)cc1. The van der Waals surface area contributed by atoms with Crippen molar-refractivity contribution in [2.75, 3.05) is 19.3 Å². The zero-order chi connectivity index (χ0) is 23.0. The number of amides is 1. The summed E-state index contributed by atoms with van der Waals surface area (Å²) in [5, 5.41) is 0. The Hall–Kier alpha value is -3.10. The van der Waals surface area contributed by atoms with E-state index in [-0.39, 0.29) is 18.1 Å². The summed E-state index contributed by atoms with van der Waals surface area (Å²) in [4.78, 5) is 17.7. The van der Waals surface area contributed by atoms with E-state index in [9.17, 15) is 13.2 Å². The number of hydrogen-bond acceptors (Lipinski definition) is 5. The first kappa shape index (κ1) is 21.7. The second-order valence-corrected chi connectivity index (χ2v) is 10.6. The van der Waals surface area contributed by atoms with Gasteiger partial charge in [0, 0.05) is 37.0 Å². The predicted octanol–water partition coefficient (Wildman–Crippen LogP) is 3.87. The number of nitrogens with one attached hydrogen (secondary N) is 1. The highest BCUT2D eigenvalue weighted by Gasteiger charge is 2.33. The zero-order valence-electron chi connectivity index (χ0n) is 18.4. The van der Waals surface area contributed by atoms with Gasteiger partial charge in [-0.2, -0.15) is 0 Å². The Morgan fingerprint density at radius 1 is 1.03 bits per heavy atom. The molecule has 1 amide bonds. The lowest BCUT2D eigenvalue weighted by molar-refractivity contribution is -0.148. The molecule has 1 atom stereocenters. The number of aromatic amines is 1. The molecule has 3 heterocycles. The third-order valence-electron chi connectivity index (χ3n) is 6.36. The van der Waals surface area contributed by atoms with Crippen LogP contribution in [0.5, 0.6) is 5.75 Å². The summed E-state index contributed by atoms with van der Waals surface area (Å²) in [6, 6.07) is 16.5. The highest BCUT2D eigenvalue weighted by atomic mass is 32.2. The van der Waals surface area contributed by atoms with Crippen LogP contribution in [0, 0.1) is 5.92 Å². The van der Waals surface area contributed by atoms with E-state index in [1.165, 1.54) is 6.26 Å². The lowest BCUT2D eigenvalue weighted by atomic mass is 9.95. The van der Waals surface area contributed by atoms with Crippen LogP contribution in [0.1, 0.15) is 28.9 Å². The van der Waals surface area contributed by atoms with Crippen molar-refractivity contribution in [3.8, 4) is 16.9 Å². The molecule has 0 spiro atoms. The molecule has 2 aliphatic heterocycles. The van der Waals surface area contributed by atoms with Gasteiger partial charge >= 0.3 is 0 Å². The summed E-state index contributed by atoms with van der Waals surface area (Å²) < 4.78 is 35.6. The molecule has 1 saturated heterocycles. The average molecular weight is 467 g/mol. The fourth-order valence-corrected chi connectivity index (χ4v) is 5.08. The molecule has 0 saturated carbocycles. The minimum atomic E-state index is -3.22. The fraction of sp³-hybridized carbons (Fsp3) is 0.320. The number of ether oxygens (including phenoxy) is 2. The van der Waals surface area contributed by atoms with Crippen LogP contribution in [-0.4, -0.2) is 49.8 Å². The molecule has 1 unspecified atom stereocenters. The maximum atomic E-state index is 12.5. The Kier molecular flexibility index (Phi) is 5.72. The third kappa shape index (κ3) is 4.54. The van der Waals surface area contributed by atoms with E-state index < -0.39 is 9.84 Å². The molecular weight excluding hydrogens is 440 g/mol. The van der Waals surface area contributed by atoms with Gasteiger partial charge in [0.15, 0.2) is 9.84 Å². The number of sulfone groups is 1. The lowest BCUT2D eigenvalue weighted by Gasteiger charge is -2.37. The van der Waals surface area contributed by atoms with Crippen molar-refractivity contribution >= 4 is 15.7 Å². The Balaban J connectivity index is 1.22. The summed E-state index contributed by atoms with van der Waals surface area (Å²) in [6.45, 7) is 1.82. The van der Waals surface area contributed by atoms with E-state index in [2.05, 4.69) is 4.98 Å². The Labute approximate surface area is 193 Å². The van der Waals surface area contributed by atoms with E-state index in [0.29, 0.717) is 30.3 Å². The molecule has 2 aromatic carbocycles. The van der Waals surface area contributed by atoms with Crippen LogP contribution in [0.25, 0.3) is 11.1 Å². The third-order valence-corrected chi connectivity index (χ3v) is 7.49. The monoisotopic (exact) mass is 466 g/mol. The number of carbonyl (C=O) groups excluding carboxylic acids is 1. The van der Waals surface area contributed by atoms with Gasteiger partial charge in [-0.05, 0) is 60.4 Å². The largest absolute Gasteiger partial charge is 0.464 e. The van der Waals surface area contributed by atoms with Gasteiger partial charge in [-0.1, -0.05) is 18.2 Å². The smallest absolute Gasteiger partial charge is 0.270 e. The first-order valence-electron chi connectivity index (χ1n) is 11.0. The molecule has 0 radical (unpaired) electrons. The number of piperidine rings is 1. The number of nitrogens with zero attached hydrogens (tertiary/aromatic N) is 1. The zero-order valence-corrected chi connectivity index (χ0v) is 19.2. The summed E-state index contributed by atoms with van der Waals surface area (Å²) in [5.41, 5.74) is 3.51. The summed E-state index contributed by atoms with van der Waals surface area (Å²) >= 11 is 0. The molecule has 0 aliphatic carbocycles. The van der Waals surface area contributed by atoms with E-state index in [4.69, 9.17) is 9.47 Å². The average Bonchev–Trinajstić information content (AvgIpc) is 3.38. The second-order valence-electron chi connectivity index (χ2n) is 8.63.